The van der Waals surface area contributed by atoms with E-state index in [2.05, 4.69) is 12.1 Å². The first kappa shape index (κ1) is 12.1. The molecule has 0 aliphatic heterocycles. The number of rotatable bonds is 5. The van der Waals surface area contributed by atoms with Crippen LogP contribution in [0, 0.1) is 0 Å². The molecule has 1 aromatic rings. The zero-order valence-corrected chi connectivity index (χ0v) is 9.94. The molecule has 0 saturated heterocycles. The Morgan fingerprint density at radius 3 is 2.47 bits per heavy atom. The first-order valence-electron chi connectivity index (χ1n) is 4.66. The summed E-state index contributed by atoms with van der Waals surface area (Å²) in [4.78, 5) is 0.375. The lowest BCUT2D eigenvalue weighted by Gasteiger charge is -2.06. The third-order valence-corrected chi connectivity index (χ3v) is 2.22. The van der Waals surface area contributed by atoms with Gasteiger partial charge >= 0.3 is 0 Å². The van der Waals surface area contributed by atoms with Gasteiger partial charge in [0.2, 0.25) is 0 Å². The molecule has 2 nitrogen and oxygen atoms in total. The number of thiocarbonyl (C=S) groups is 2. The first-order chi connectivity index (χ1) is 7.18. The minimum absolute atomic E-state index is 0.375. The highest BCUT2D eigenvalue weighted by Gasteiger charge is 1.99. The van der Waals surface area contributed by atoms with Gasteiger partial charge in [-0.25, -0.2) is 0 Å². The van der Waals surface area contributed by atoms with Crippen molar-refractivity contribution in [3.05, 3.63) is 35.9 Å². The molecule has 0 saturated carbocycles. The van der Waals surface area contributed by atoms with Crippen molar-refractivity contribution >= 4 is 34.5 Å². The topological polar surface area (TPSA) is 35.2 Å². The Kier molecular flexibility index (Phi) is 5.21. The standard InChI is InChI=1S/C11H13NOS2/c12-10(14)8-11(15)13-7-6-9-4-2-1-3-5-9/h1-5H,6-8H2,(H2,12,14). The summed E-state index contributed by atoms with van der Waals surface area (Å²) in [6.07, 6.45) is 1.23. The molecule has 0 fully saturated rings. The zero-order chi connectivity index (χ0) is 11.1. The molecule has 0 atom stereocenters. The van der Waals surface area contributed by atoms with E-state index < -0.39 is 0 Å². The predicted octanol–water partition coefficient (Wildman–Crippen LogP) is 2.25. The second kappa shape index (κ2) is 6.48. The Morgan fingerprint density at radius 2 is 1.87 bits per heavy atom. The van der Waals surface area contributed by atoms with Crippen LogP contribution in [0.2, 0.25) is 0 Å². The summed E-state index contributed by atoms with van der Waals surface area (Å²) in [6, 6.07) is 10.1. The minimum Gasteiger partial charge on any atom is -0.486 e. The monoisotopic (exact) mass is 239 g/mol. The molecular formula is C11H13NOS2. The molecule has 80 valence electrons. The van der Waals surface area contributed by atoms with Gasteiger partial charge in [0.25, 0.3) is 0 Å². The number of benzene rings is 1. The largest absolute Gasteiger partial charge is 0.486 e. The van der Waals surface area contributed by atoms with Crippen LogP contribution in [0.25, 0.3) is 0 Å². The fourth-order valence-corrected chi connectivity index (χ4v) is 1.58. The van der Waals surface area contributed by atoms with Crippen LogP contribution in [0.5, 0.6) is 0 Å². The van der Waals surface area contributed by atoms with Crippen molar-refractivity contribution in [2.24, 2.45) is 5.73 Å². The molecule has 0 amide bonds. The highest BCUT2D eigenvalue weighted by atomic mass is 32.1. The Balaban J connectivity index is 2.22. The lowest BCUT2D eigenvalue weighted by atomic mass is 10.2. The molecule has 0 spiro atoms. The summed E-state index contributed by atoms with van der Waals surface area (Å²) in [6.45, 7) is 0.575. The van der Waals surface area contributed by atoms with Crippen LogP contribution in [0.4, 0.5) is 0 Å². The second-order valence-electron chi connectivity index (χ2n) is 3.10. The maximum Gasteiger partial charge on any atom is 0.166 e. The van der Waals surface area contributed by atoms with E-state index in [9.17, 15) is 0 Å². The van der Waals surface area contributed by atoms with E-state index in [1.807, 2.05) is 18.2 Å². The number of ether oxygens (including phenoxy) is 1. The van der Waals surface area contributed by atoms with Gasteiger partial charge in [-0.3, -0.25) is 0 Å². The summed E-state index contributed by atoms with van der Waals surface area (Å²) in [7, 11) is 0. The fraction of sp³-hybridized carbons (Fsp3) is 0.273. The van der Waals surface area contributed by atoms with Crippen LogP contribution in [0.3, 0.4) is 0 Å². The van der Waals surface area contributed by atoms with Gasteiger partial charge in [0, 0.05) is 6.42 Å². The van der Waals surface area contributed by atoms with E-state index in [-0.39, 0.29) is 0 Å². The van der Waals surface area contributed by atoms with Crippen molar-refractivity contribution in [3.8, 4) is 0 Å². The summed E-state index contributed by atoms with van der Waals surface area (Å²) >= 11 is 9.68. The molecular weight excluding hydrogens is 226 g/mol. The number of nitrogens with two attached hydrogens (primary N) is 1. The SMILES string of the molecule is NC(=S)CC(=S)OCCc1ccccc1. The lowest BCUT2D eigenvalue weighted by Crippen LogP contribution is -2.15. The summed E-state index contributed by atoms with van der Waals surface area (Å²) in [5.74, 6) is 0. The van der Waals surface area contributed by atoms with E-state index in [1.165, 1.54) is 5.56 Å². The molecule has 0 bridgehead atoms. The van der Waals surface area contributed by atoms with Crippen LogP contribution >= 0.6 is 24.4 Å². The molecule has 15 heavy (non-hydrogen) atoms. The molecule has 0 heterocycles. The van der Waals surface area contributed by atoms with E-state index in [0.717, 1.165) is 6.42 Å². The quantitative estimate of drug-likeness (QED) is 0.799. The fourth-order valence-electron chi connectivity index (χ4n) is 1.12. The number of hydrogen-bond acceptors (Lipinski definition) is 3. The molecule has 0 unspecified atom stereocenters. The van der Waals surface area contributed by atoms with Crippen molar-refractivity contribution < 1.29 is 4.74 Å². The van der Waals surface area contributed by atoms with Crippen molar-refractivity contribution in [1.82, 2.24) is 0 Å². The third-order valence-electron chi connectivity index (χ3n) is 1.82. The van der Waals surface area contributed by atoms with Gasteiger partial charge in [-0.05, 0) is 17.8 Å². The van der Waals surface area contributed by atoms with Gasteiger partial charge < -0.3 is 10.5 Å². The van der Waals surface area contributed by atoms with E-state index in [1.54, 1.807) is 0 Å². The Morgan fingerprint density at radius 1 is 1.20 bits per heavy atom. The Hall–Kier alpha value is -1.00. The maximum absolute atomic E-state index is 5.34. The van der Waals surface area contributed by atoms with E-state index >= 15 is 0 Å². The molecule has 4 heteroatoms. The van der Waals surface area contributed by atoms with Crippen LogP contribution in [0.15, 0.2) is 30.3 Å². The minimum atomic E-state index is 0.375. The summed E-state index contributed by atoms with van der Waals surface area (Å²) in [5.41, 5.74) is 6.57. The van der Waals surface area contributed by atoms with E-state index in [4.69, 9.17) is 34.9 Å². The van der Waals surface area contributed by atoms with Crippen LogP contribution < -0.4 is 5.73 Å². The van der Waals surface area contributed by atoms with Gasteiger partial charge in [-0.15, -0.1) is 0 Å². The van der Waals surface area contributed by atoms with Crippen LogP contribution in [-0.4, -0.2) is 16.6 Å². The van der Waals surface area contributed by atoms with Gasteiger partial charge in [0.05, 0.1) is 18.0 Å². The molecule has 0 aliphatic rings. The molecule has 1 rings (SSSR count). The van der Waals surface area contributed by atoms with Gasteiger partial charge in [0.15, 0.2) is 5.05 Å². The normalized spacial score (nSPS) is 9.60. The van der Waals surface area contributed by atoms with Crippen molar-refractivity contribution in [2.45, 2.75) is 12.8 Å². The Bertz CT molecular complexity index is 338. The van der Waals surface area contributed by atoms with Crippen molar-refractivity contribution in [1.29, 1.82) is 0 Å². The van der Waals surface area contributed by atoms with Crippen molar-refractivity contribution in [2.75, 3.05) is 6.61 Å². The molecule has 0 radical (unpaired) electrons. The van der Waals surface area contributed by atoms with Crippen LogP contribution in [0.1, 0.15) is 12.0 Å². The Labute approximate surface area is 100 Å². The highest BCUT2D eigenvalue weighted by Crippen LogP contribution is 2.00. The summed E-state index contributed by atoms with van der Waals surface area (Å²) < 4.78 is 5.32. The maximum atomic E-state index is 5.34. The van der Waals surface area contributed by atoms with Crippen LogP contribution in [-0.2, 0) is 11.2 Å². The molecule has 1 aromatic carbocycles. The average Bonchev–Trinajstić information content (AvgIpc) is 2.18. The number of hydrogen-bond donors (Lipinski definition) is 1. The molecule has 0 aromatic heterocycles. The zero-order valence-electron chi connectivity index (χ0n) is 8.31. The predicted molar refractivity (Wildman–Crippen MR) is 70.1 cm³/mol. The first-order valence-corrected chi connectivity index (χ1v) is 5.48. The third kappa shape index (κ3) is 5.44. The smallest absolute Gasteiger partial charge is 0.166 e. The highest BCUT2D eigenvalue weighted by molar-refractivity contribution is 7.81. The molecule has 2 N–H and O–H groups in total. The van der Waals surface area contributed by atoms with Crippen molar-refractivity contribution in [3.63, 3.8) is 0 Å². The van der Waals surface area contributed by atoms with E-state index in [0.29, 0.717) is 23.1 Å². The van der Waals surface area contributed by atoms with Gasteiger partial charge in [-0.2, -0.15) is 0 Å². The summed E-state index contributed by atoms with van der Waals surface area (Å²) in [5, 5.41) is 0.471. The van der Waals surface area contributed by atoms with Gasteiger partial charge in [-0.1, -0.05) is 42.5 Å². The average molecular weight is 239 g/mol. The molecule has 0 aliphatic carbocycles. The lowest BCUT2D eigenvalue weighted by molar-refractivity contribution is 0.313. The van der Waals surface area contributed by atoms with Gasteiger partial charge in [0.1, 0.15) is 0 Å². The second-order valence-corrected chi connectivity index (χ2v) is 4.08.